The molecule has 0 aromatic heterocycles. The highest BCUT2D eigenvalue weighted by atomic mass is 32.2. The molecule has 1 heterocycles. The van der Waals surface area contributed by atoms with Crippen LogP contribution in [0.15, 0.2) is 24.3 Å². The first-order valence-corrected chi connectivity index (χ1v) is 11.0. The van der Waals surface area contributed by atoms with Gasteiger partial charge in [-0.15, -0.1) is 0 Å². The Balaban J connectivity index is 1.55. The highest BCUT2D eigenvalue weighted by Gasteiger charge is 2.35. The van der Waals surface area contributed by atoms with Crippen molar-refractivity contribution in [2.75, 3.05) is 33.2 Å². The molecule has 1 aliphatic carbocycles. The van der Waals surface area contributed by atoms with Gasteiger partial charge in [0.1, 0.15) is 5.82 Å². The Hall–Kier alpha value is -1.51. The zero-order valence-electron chi connectivity index (χ0n) is 15.8. The van der Waals surface area contributed by atoms with Gasteiger partial charge in [0.15, 0.2) is 0 Å². The maximum absolute atomic E-state index is 13.3. The van der Waals surface area contributed by atoms with E-state index in [9.17, 15) is 17.6 Å². The van der Waals surface area contributed by atoms with Crippen molar-refractivity contribution < 1.29 is 17.6 Å². The summed E-state index contributed by atoms with van der Waals surface area (Å²) in [6, 6.07) is 6.10. The standard InChI is InChI=1S/C19H28FN3O3S/c1-21(18-8-3-2-4-9-18)27(25,26)23-12-10-22(11-13-23)19(24)15-16-6-5-7-17(20)14-16/h5-7,14,18H,2-4,8-13,15H2,1H3. The molecule has 0 radical (unpaired) electrons. The summed E-state index contributed by atoms with van der Waals surface area (Å²) >= 11 is 0. The molecule has 8 heteroatoms. The Morgan fingerprint density at radius 2 is 1.81 bits per heavy atom. The minimum absolute atomic E-state index is 0.0800. The number of benzene rings is 1. The lowest BCUT2D eigenvalue weighted by Crippen LogP contribution is -2.55. The molecule has 0 N–H and O–H groups in total. The number of piperazine rings is 1. The van der Waals surface area contributed by atoms with Crippen LogP contribution in [0.2, 0.25) is 0 Å². The number of hydrogen-bond donors (Lipinski definition) is 0. The summed E-state index contributed by atoms with van der Waals surface area (Å²) in [7, 11) is -1.82. The van der Waals surface area contributed by atoms with Crippen molar-refractivity contribution in [1.29, 1.82) is 0 Å². The number of hydrogen-bond acceptors (Lipinski definition) is 3. The normalized spacial score (nSPS) is 20.2. The summed E-state index contributed by atoms with van der Waals surface area (Å²) in [4.78, 5) is 14.1. The fourth-order valence-electron chi connectivity index (χ4n) is 3.92. The average molecular weight is 398 g/mol. The van der Waals surface area contributed by atoms with Gasteiger partial charge in [0.05, 0.1) is 6.42 Å². The molecule has 2 fully saturated rings. The molecule has 27 heavy (non-hydrogen) atoms. The molecule has 1 amide bonds. The summed E-state index contributed by atoms with van der Waals surface area (Å²) in [5, 5.41) is 0. The van der Waals surface area contributed by atoms with Crippen LogP contribution in [0.5, 0.6) is 0 Å². The number of carbonyl (C=O) groups excluding carboxylic acids is 1. The third-order valence-electron chi connectivity index (χ3n) is 5.61. The van der Waals surface area contributed by atoms with Gasteiger partial charge in [-0.2, -0.15) is 17.0 Å². The van der Waals surface area contributed by atoms with Crippen molar-refractivity contribution in [1.82, 2.24) is 13.5 Å². The van der Waals surface area contributed by atoms with Crippen molar-refractivity contribution in [2.45, 2.75) is 44.6 Å². The van der Waals surface area contributed by atoms with Crippen molar-refractivity contribution in [3.05, 3.63) is 35.6 Å². The molecule has 1 aromatic rings. The lowest BCUT2D eigenvalue weighted by atomic mass is 9.96. The van der Waals surface area contributed by atoms with Gasteiger partial charge in [0.2, 0.25) is 5.91 Å². The molecule has 0 atom stereocenters. The summed E-state index contributed by atoms with van der Waals surface area (Å²) in [6.45, 7) is 1.33. The molecule has 1 saturated heterocycles. The van der Waals surface area contributed by atoms with E-state index in [4.69, 9.17) is 0 Å². The first kappa shape index (κ1) is 20.2. The van der Waals surface area contributed by atoms with E-state index in [1.54, 1.807) is 24.1 Å². The van der Waals surface area contributed by atoms with Gasteiger partial charge in [-0.3, -0.25) is 4.79 Å². The first-order valence-electron chi connectivity index (χ1n) is 9.63. The molecule has 1 aliphatic heterocycles. The zero-order chi connectivity index (χ0) is 19.4. The van der Waals surface area contributed by atoms with Crippen LogP contribution in [0.3, 0.4) is 0 Å². The lowest BCUT2D eigenvalue weighted by Gasteiger charge is -2.38. The molecular weight excluding hydrogens is 369 g/mol. The van der Waals surface area contributed by atoms with Crippen molar-refractivity contribution >= 4 is 16.1 Å². The third kappa shape index (κ3) is 4.86. The summed E-state index contributed by atoms with van der Waals surface area (Å²) in [5.41, 5.74) is 0.632. The molecule has 0 spiro atoms. The number of halogens is 1. The fourth-order valence-corrected chi connectivity index (χ4v) is 5.49. The van der Waals surface area contributed by atoms with E-state index in [0.717, 1.165) is 25.7 Å². The van der Waals surface area contributed by atoms with Gasteiger partial charge >= 0.3 is 0 Å². The van der Waals surface area contributed by atoms with Crippen molar-refractivity contribution in [3.63, 3.8) is 0 Å². The molecule has 0 bridgehead atoms. The van der Waals surface area contributed by atoms with E-state index in [0.29, 0.717) is 31.7 Å². The second-order valence-corrected chi connectivity index (χ2v) is 9.39. The average Bonchev–Trinajstić information content (AvgIpc) is 2.68. The Kier molecular flexibility index (Phi) is 6.49. The maximum atomic E-state index is 13.3. The van der Waals surface area contributed by atoms with Gasteiger partial charge < -0.3 is 4.90 Å². The van der Waals surface area contributed by atoms with Gasteiger partial charge in [-0.25, -0.2) is 4.39 Å². The van der Waals surface area contributed by atoms with Crippen molar-refractivity contribution in [3.8, 4) is 0 Å². The van der Waals surface area contributed by atoms with Crippen molar-refractivity contribution in [2.24, 2.45) is 0 Å². The highest BCUT2D eigenvalue weighted by molar-refractivity contribution is 7.86. The minimum atomic E-state index is -3.50. The van der Waals surface area contributed by atoms with Crippen LogP contribution >= 0.6 is 0 Å². The second-order valence-electron chi connectivity index (χ2n) is 7.40. The molecule has 1 saturated carbocycles. The lowest BCUT2D eigenvalue weighted by molar-refractivity contribution is -0.131. The molecule has 150 valence electrons. The second kappa shape index (κ2) is 8.67. The molecular formula is C19H28FN3O3S. The number of amides is 1. The van der Waals surface area contributed by atoms with Crippen LogP contribution in [0.1, 0.15) is 37.7 Å². The predicted molar refractivity (Wildman–Crippen MR) is 102 cm³/mol. The molecule has 2 aliphatic rings. The maximum Gasteiger partial charge on any atom is 0.282 e. The Morgan fingerprint density at radius 3 is 2.44 bits per heavy atom. The zero-order valence-corrected chi connectivity index (χ0v) is 16.6. The SMILES string of the molecule is CN(C1CCCCC1)S(=O)(=O)N1CCN(C(=O)Cc2cccc(F)c2)CC1. The highest BCUT2D eigenvalue weighted by Crippen LogP contribution is 2.25. The van der Waals surface area contributed by atoms with Crippen LogP contribution in [0.25, 0.3) is 0 Å². The van der Waals surface area contributed by atoms with E-state index < -0.39 is 10.2 Å². The first-order chi connectivity index (χ1) is 12.9. The number of carbonyl (C=O) groups is 1. The predicted octanol–water partition coefficient (Wildman–Crippen LogP) is 2.02. The van der Waals surface area contributed by atoms with Crippen LogP contribution in [-0.4, -0.2) is 67.1 Å². The van der Waals surface area contributed by atoms with Crippen LogP contribution in [-0.2, 0) is 21.4 Å². The largest absolute Gasteiger partial charge is 0.340 e. The summed E-state index contributed by atoms with van der Waals surface area (Å²) in [6.07, 6.45) is 5.30. The summed E-state index contributed by atoms with van der Waals surface area (Å²) < 4.78 is 42.1. The monoisotopic (exact) mass is 397 g/mol. The molecule has 3 rings (SSSR count). The van der Waals surface area contributed by atoms with E-state index >= 15 is 0 Å². The fraction of sp³-hybridized carbons (Fsp3) is 0.632. The van der Waals surface area contributed by atoms with Gasteiger partial charge in [-0.1, -0.05) is 31.4 Å². The number of nitrogens with zero attached hydrogens (tertiary/aromatic N) is 3. The smallest absolute Gasteiger partial charge is 0.282 e. The minimum Gasteiger partial charge on any atom is -0.340 e. The Bertz CT molecular complexity index is 757. The van der Waals surface area contributed by atoms with Crippen LogP contribution < -0.4 is 0 Å². The van der Waals surface area contributed by atoms with Crippen LogP contribution in [0, 0.1) is 5.82 Å². The van der Waals surface area contributed by atoms with Gasteiger partial charge in [0, 0.05) is 39.3 Å². The quantitative estimate of drug-likeness (QED) is 0.764. The third-order valence-corrected chi connectivity index (χ3v) is 7.66. The van der Waals surface area contributed by atoms with Crippen LogP contribution in [0.4, 0.5) is 4.39 Å². The molecule has 1 aromatic carbocycles. The van der Waals surface area contributed by atoms with E-state index in [1.807, 2.05) is 0 Å². The van der Waals surface area contributed by atoms with E-state index in [2.05, 4.69) is 0 Å². The van der Waals surface area contributed by atoms with Gasteiger partial charge in [-0.05, 0) is 30.5 Å². The Labute approximate surface area is 161 Å². The topological polar surface area (TPSA) is 60.9 Å². The van der Waals surface area contributed by atoms with E-state index in [1.165, 1.54) is 27.2 Å². The molecule has 0 unspecified atom stereocenters. The summed E-state index contributed by atoms with van der Waals surface area (Å²) in [5.74, 6) is -0.458. The Morgan fingerprint density at radius 1 is 1.15 bits per heavy atom. The van der Waals surface area contributed by atoms with Gasteiger partial charge in [0.25, 0.3) is 10.2 Å². The number of rotatable bonds is 5. The van der Waals surface area contributed by atoms with E-state index in [-0.39, 0.29) is 24.2 Å². The molecule has 6 nitrogen and oxygen atoms in total.